The van der Waals surface area contributed by atoms with Crippen molar-refractivity contribution >= 4 is 5.69 Å². The Morgan fingerprint density at radius 1 is 1.22 bits per heavy atom. The molecular formula is C16H26N2. The van der Waals surface area contributed by atoms with E-state index < -0.39 is 0 Å². The summed E-state index contributed by atoms with van der Waals surface area (Å²) in [6.45, 7) is 7.00. The second-order valence-corrected chi connectivity index (χ2v) is 5.62. The van der Waals surface area contributed by atoms with Crippen molar-refractivity contribution < 1.29 is 0 Å². The van der Waals surface area contributed by atoms with Crippen molar-refractivity contribution in [3.05, 3.63) is 29.8 Å². The van der Waals surface area contributed by atoms with Gasteiger partial charge in [0.2, 0.25) is 0 Å². The summed E-state index contributed by atoms with van der Waals surface area (Å²) < 4.78 is 0. The van der Waals surface area contributed by atoms with E-state index in [1.165, 1.54) is 37.2 Å². The predicted octanol–water partition coefficient (Wildman–Crippen LogP) is 3.39. The number of piperidine rings is 1. The van der Waals surface area contributed by atoms with Crippen molar-refractivity contribution in [3.8, 4) is 0 Å². The first-order valence-electron chi connectivity index (χ1n) is 7.23. The van der Waals surface area contributed by atoms with Crippen molar-refractivity contribution in [1.29, 1.82) is 0 Å². The number of rotatable bonds is 4. The van der Waals surface area contributed by atoms with Crippen LogP contribution in [0.5, 0.6) is 0 Å². The zero-order valence-electron chi connectivity index (χ0n) is 11.9. The number of hydrogen-bond donors (Lipinski definition) is 1. The summed E-state index contributed by atoms with van der Waals surface area (Å²) in [5, 5.41) is 3.66. The van der Waals surface area contributed by atoms with Crippen LogP contribution in [0.25, 0.3) is 0 Å². The molecule has 1 N–H and O–H groups in total. The van der Waals surface area contributed by atoms with Crippen LogP contribution >= 0.6 is 0 Å². The lowest BCUT2D eigenvalue weighted by atomic mass is 9.90. The molecule has 0 saturated carbocycles. The second kappa shape index (κ2) is 6.24. The molecule has 0 radical (unpaired) electrons. The number of nitrogens with zero attached hydrogens (tertiary/aromatic N) is 1. The maximum absolute atomic E-state index is 3.66. The first-order chi connectivity index (χ1) is 8.69. The SMILES string of the molecule is CCc1ccc(NC(C)C2CCN(C)CC2)cc1. The van der Waals surface area contributed by atoms with Crippen LogP contribution in [-0.4, -0.2) is 31.1 Å². The molecule has 1 heterocycles. The monoisotopic (exact) mass is 246 g/mol. The predicted molar refractivity (Wildman–Crippen MR) is 79.1 cm³/mol. The highest BCUT2D eigenvalue weighted by molar-refractivity contribution is 5.45. The van der Waals surface area contributed by atoms with Crippen molar-refractivity contribution in [3.63, 3.8) is 0 Å². The number of hydrogen-bond acceptors (Lipinski definition) is 2. The number of benzene rings is 1. The summed E-state index contributed by atoms with van der Waals surface area (Å²) >= 11 is 0. The molecule has 1 fully saturated rings. The van der Waals surface area contributed by atoms with Gasteiger partial charge in [-0.15, -0.1) is 0 Å². The average Bonchev–Trinajstić information content (AvgIpc) is 2.40. The molecule has 2 nitrogen and oxygen atoms in total. The Balaban J connectivity index is 1.87. The number of likely N-dealkylation sites (tertiary alicyclic amines) is 1. The molecule has 1 aliphatic rings. The summed E-state index contributed by atoms with van der Waals surface area (Å²) in [6, 6.07) is 9.45. The topological polar surface area (TPSA) is 15.3 Å². The van der Waals surface area contributed by atoms with Gasteiger partial charge in [-0.05, 0) is 69.9 Å². The standard InChI is InChI=1S/C16H26N2/c1-4-14-5-7-16(8-6-14)17-13(2)15-9-11-18(3)12-10-15/h5-8,13,15,17H,4,9-12H2,1-3H3. The van der Waals surface area contributed by atoms with Crippen LogP contribution in [0.2, 0.25) is 0 Å². The summed E-state index contributed by atoms with van der Waals surface area (Å²) in [5.41, 5.74) is 2.67. The maximum atomic E-state index is 3.66. The lowest BCUT2D eigenvalue weighted by Gasteiger charge is -2.33. The van der Waals surface area contributed by atoms with Gasteiger partial charge >= 0.3 is 0 Å². The third-order valence-corrected chi connectivity index (χ3v) is 4.23. The van der Waals surface area contributed by atoms with Gasteiger partial charge in [0, 0.05) is 11.7 Å². The van der Waals surface area contributed by atoms with Gasteiger partial charge in [0.15, 0.2) is 0 Å². The first-order valence-corrected chi connectivity index (χ1v) is 7.23. The Bertz CT molecular complexity index is 350. The van der Waals surface area contributed by atoms with Crippen molar-refractivity contribution in [2.45, 2.75) is 39.2 Å². The van der Waals surface area contributed by atoms with E-state index in [0.29, 0.717) is 6.04 Å². The molecule has 0 aliphatic carbocycles. The third kappa shape index (κ3) is 3.49. The van der Waals surface area contributed by atoms with Crippen LogP contribution < -0.4 is 5.32 Å². The quantitative estimate of drug-likeness (QED) is 0.876. The van der Waals surface area contributed by atoms with E-state index in [9.17, 15) is 0 Å². The fourth-order valence-corrected chi connectivity index (χ4v) is 2.75. The molecule has 1 aromatic carbocycles. The summed E-state index contributed by atoms with van der Waals surface area (Å²) in [7, 11) is 2.22. The Kier molecular flexibility index (Phi) is 4.65. The number of aryl methyl sites for hydroxylation is 1. The molecule has 0 bridgehead atoms. The lowest BCUT2D eigenvalue weighted by Crippen LogP contribution is -2.37. The molecule has 100 valence electrons. The van der Waals surface area contributed by atoms with Gasteiger partial charge in [0.1, 0.15) is 0 Å². The smallest absolute Gasteiger partial charge is 0.0342 e. The minimum atomic E-state index is 0.575. The molecule has 2 heteroatoms. The fourth-order valence-electron chi connectivity index (χ4n) is 2.75. The summed E-state index contributed by atoms with van der Waals surface area (Å²) in [4.78, 5) is 2.43. The largest absolute Gasteiger partial charge is 0.382 e. The van der Waals surface area contributed by atoms with Crippen LogP contribution in [-0.2, 0) is 6.42 Å². The Hall–Kier alpha value is -1.02. The van der Waals surface area contributed by atoms with E-state index in [4.69, 9.17) is 0 Å². The molecule has 0 spiro atoms. The highest BCUT2D eigenvalue weighted by Gasteiger charge is 2.21. The third-order valence-electron chi connectivity index (χ3n) is 4.23. The van der Waals surface area contributed by atoms with E-state index in [1.807, 2.05) is 0 Å². The van der Waals surface area contributed by atoms with Crippen LogP contribution in [0, 0.1) is 5.92 Å². The van der Waals surface area contributed by atoms with Crippen LogP contribution in [0.4, 0.5) is 5.69 Å². The van der Waals surface area contributed by atoms with Gasteiger partial charge in [-0.3, -0.25) is 0 Å². The number of nitrogens with one attached hydrogen (secondary N) is 1. The highest BCUT2D eigenvalue weighted by Crippen LogP contribution is 2.22. The maximum Gasteiger partial charge on any atom is 0.0342 e. The molecule has 1 aliphatic heterocycles. The second-order valence-electron chi connectivity index (χ2n) is 5.62. The summed E-state index contributed by atoms with van der Waals surface area (Å²) in [6.07, 6.45) is 3.75. The van der Waals surface area contributed by atoms with Gasteiger partial charge in [0.05, 0.1) is 0 Å². The van der Waals surface area contributed by atoms with Crippen LogP contribution in [0.3, 0.4) is 0 Å². The van der Waals surface area contributed by atoms with Crippen molar-refractivity contribution in [2.24, 2.45) is 5.92 Å². The van der Waals surface area contributed by atoms with E-state index in [1.54, 1.807) is 0 Å². The molecule has 1 atom stereocenters. The minimum Gasteiger partial charge on any atom is -0.382 e. The molecule has 18 heavy (non-hydrogen) atoms. The average molecular weight is 246 g/mol. The van der Waals surface area contributed by atoms with Crippen LogP contribution in [0.15, 0.2) is 24.3 Å². The molecule has 0 amide bonds. The normalized spacial score (nSPS) is 19.7. The first kappa shape index (κ1) is 13.4. The van der Waals surface area contributed by atoms with Gasteiger partial charge < -0.3 is 10.2 Å². The van der Waals surface area contributed by atoms with Gasteiger partial charge in [-0.2, -0.15) is 0 Å². The van der Waals surface area contributed by atoms with E-state index >= 15 is 0 Å². The van der Waals surface area contributed by atoms with E-state index in [2.05, 4.69) is 55.4 Å². The molecule has 0 aromatic heterocycles. The summed E-state index contributed by atoms with van der Waals surface area (Å²) in [5.74, 6) is 0.812. The molecule has 1 saturated heterocycles. The number of anilines is 1. The highest BCUT2D eigenvalue weighted by atomic mass is 15.1. The molecular weight excluding hydrogens is 220 g/mol. The zero-order chi connectivity index (χ0) is 13.0. The van der Waals surface area contributed by atoms with Crippen molar-refractivity contribution in [1.82, 2.24) is 4.90 Å². The van der Waals surface area contributed by atoms with Gasteiger partial charge in [0.25, 0.3) is 0 Å². The van der Waals surface area contributed by atoms with Crippen LogP contribution in [0.1, 0.15) is 32.3 Å². The Labute approximate surface area is 111 Å². The molecule has 1 aromatic rings. The Morgan fingerprint density at radius 3 is 2.39 bits per heavy atom. The molecule has 1 unspecified atom stereocenters. The van der Waals surface area contributed by atoms with E-state index in [-0.39, 0.29) is 0 Å². The van der Waals surface area contributed by atoms with Gasteiger partial charge in [-0.25, -0.2) is 0 Å². The lowest BCUT2D eigenvalue weighted by molar-refractivity contribution is 0.208. The minimum absolute atomic E-state index is 0.575. The zero-order valence-corrected chi connectivity index (χ0v) is 11.9. The fraction of sp³-hybridized carbons (Fsp3) is 0.625. The molecule has 2 rings (SSSR count). The van der Waals surface area contributed by atoms with E-state index in [0.717, 1.165) is 12.3 Å². The van der Waals surface area contributed by atoms with Gasteiger partial charge in [-0.1, -0.05) is 19.1 Å². The Morgan fingerprint density at radius 2 is 1.83 bits per heavy atom. The van der Waals surface area contributed by atoms with Crippen molar-refractivity contribution in [2.75, 3.05) is 25.5 Å².